The third-order valence-corrected chi connectivity index (χ3v) is 2.35. The minimum Gasteiger partial charge on any atom is -0.441 e. The molecule has 0 bridgehead atoms. The van der Waals surface area contributed by atoms with Gasteiger partial charge in [0.25, 0.3) is 0 Å². The quantitative estimate of drug-likeness (QED) is 0.641. The maximum atomic E-state index is 5.58. The second-order valence-corrected chi connectivity index (χ2v) is 3.78. The number of halogens is 1. The minimum atomic E-state index is 0.630. The Morgan fingerprint density at radius 2 is 2.33 bits per heavy atom. The Morgan fingerprint density at radius 3 is 3.13 bits per heavy atom. The van der Waals surface area contributed by atoms with Crippen molar-refractivity contribution in [3.05, 3.63) is 29.7 Å². The smallest absolute Gasteiger partial charge is 0.192 e. The molecule has 0 saturated heterocycles. The van der Waals surface area contributed by atoms with Crippen LogP contribution in [0.2, 0.25) is 0 Å². The van der Waals surface area contributed by atoms with Gasteiger partial charge in [0.1, 0.15) is 5.52 Å². The van der Waals surface area contributed by atoms with Crippen LogP contribution in [0.1, 0.15) is 11.5 Å². The van der Waals surface area contributed by atoms with E-state index in [0.717, 1.165) is 24.2 Å². The second-order valence-electron chi connectivity index (χ2n) is 3.40. The Balaban J connectivity index is 2.15. The van der Waals surface area contributed by atoms with Crippen molar-refractivity contribution < 1.29 is 4.42 Å². The molecule has 1 aromatic heterocycles. The lowest BCUT2D eigenvalue weighted by atomic mass is 10.2. The third kappa shape index (κ3) is 2.49. The van der Waals surface area contributed by atoms with Crippen molar-refractivity contribution in [3.8, 4) is 0 Å². The predicted octanol–water partition coefficient (Wildman–Crippen LogP) is 2.46. The number of alkyl halides is 1. The Morgan fingerprint density at radius 1 is 1.47 bits per heavy atom. The van der Waals surface area contributed by atoms with E-state index >= 15 is 0 Å². The number of hydrogen-bond donors (Lipinski definition) is 1. The number of nitrogens with one attached hydrogen (secondary N) is 1. The maximum Gasteiger partial charge on any atom is 0.192 e. The van der Waals surface area contributed by atoms with Gasteiger partial charge < -0.3 is 9.73 Å². The number of aromatic nitrogens is 1. The van der Waals surface area contributed by atoms with E-state index in [4.69, 9.17) is 16.0 Å². The Hall–Kier alpha value is -1.06. The lowest BCUT2D eigenvalue weighted by Crippen LogP contribution is -2.15. The van der Waals surface area contributed by atoms with E-state index in [9.17, 15) is 0 Å². The molecule has 80 valence electrons. The van der Waals surface area contributed by atoms with Crippen molar-refractivity contribution in [1.82, 2.24) is 10.3 Å². The Bertz CT molecular complexity index is 453. The van der Waals surface area contributed by atoms with E-state index in [1.54, 1.807) is 0 Å². The highest BCUT2D eigenvalue weighted by molar-refractivity contribution is 6.18. The van der Waals surface area contributed by atoms with Gasteiger partial charge in [0.05, 0.1) is 0 Å². The zero-order chi connectivity index (χ0) is 10.7. The number of hydrogen-bond acceptors (Lipinski definition) is 3. The number of oxazole rings is 1. The molecule has 1 heterocycles. The van der Waals surface area contributed by atoms with E-state index in [-0.39, 0.29) is 0 Å². The van der Waals surface area contributed by atoms with Crippen molar-refractivity contribution in [2.75, 3.05) is 12.4 Å². The van der Waals surface area contributed by atoms with Gasteiger partial charge in [-0.2, -0.15) is 0 Å². The summed E-state index contributed by atoms with van der Waals surface area (Å²) in [6, 6.07) is 6.02. The summed E-state index contributed by atoms with van der Waals surface area (Å²) >= 11 is 5.58. The van der Waals surface area contributed by atoms with E-state index < -0.39 is 0 Å². The zero-order valence-electron chi connectivity index (χ0n) is 8.59. The normalized spacial score (nSPS) is 11.1. The van der Waals surface area contributed by atoms with Crippen LogP contribution >= 0.6 is 11.6 Å². The van der Waals surface area contributed by atoms with Gasteiger partial charge in [-0.05, 0) is 17.7 Å². The highest BCUT2D eigenvalue weighted by atomic mass is 35.5. The molecule has 4 heteroatoms. The fraction of sp³-hybridized carbons (Fsp3) is 0.364. The van der Waals surface area contributed by atoms with Crippen molar-refractivity contribution in [2.45, 2.75) is 13.5 Å². The van der Waals surface area contributed by atoms with Crippen LogP contribution in [0.5, 0.6) is 0 Å². The van der Waals surface area contributed by atoms with E-state index in [1.807, 2.05) is 25.1 Å². The molecule has 0 aliphatic carbocycles. The summed E-state index contributed by atoms with van der Waals surface area (Å²) in [5.74, 6) is 1.33. The highest BCUT2D eigenvalue weighted by Gasteiger charge is 2.02. The van der Waals surface area contributed by atoms with E-state index in [1.165, 1.54) is 5.56 Å². The topological polar surface area (TPSA) is 38.1 Å². The molecule has 0 radical (unpaired) electrons. The first kappa shape index (κ1) is 10.5. The van der Waals surface area contributed by atoms with E-state index in [0.29, 0.717) is 11.8 Å². The predicted molar refractivity (Wildman–Crippen MR) is 61.2 cm³/mol. The van der Waals surface area contributed by atoms with Crippen LogP contribution in [0, 0.1) is 6.92 Å². The third-order valence-electron chi connectivity index (χ3n) is 2.16. The van der Waals surface area contributed by atoms with Gasteiger partial charge in [-0.3, -0.25) is 0 Å². The fourth-order valence-corrected chi connectivity index (χ4v) is 1.63. The molecular formula is C11H13ClN2O. The van der Waals surface area contributed by atoms with Crippen LogP contribution in [0.3, 0.4) is 0 Å². The first-order chi connectivity index (χ1) is 7.29. The van der Waals surface area contributed by atoms with Crippen LogP contribution in [0.4, 0.5) is 0 Å². The molecule has 0 aliphatic heterocycles. The molecule has 1 N–H and O–H groups in total. The van der Waals surface area contributed by atoms with Gasteiger partial charge in [0.2, 0.25) is 0 Å². The van der Waals surface area contributed by atoms with Gasteiger partial charge in [-0.25, -0.2) is 4.98 Å². The van der Waals surface area contributed by atoms with Crippen molar-refractivity contribution >= 4 is 22.7 Å². The summed E-state index contributed by atoms with van der Waals surface area (Å²) < 4.78 is 5.40. The average Bonchev–Trinajstić information content (AvgIpc) is 2.57. The summed E-state index contributed by atoms with van der Waals surface area (Å²) in [7, 11) is 0. The summed E-state index contributed by atoms with van der Waals surface area (Å²) in [5, 5.41) is 3.23. The molecule has 0 spiro atoms. The van der Waals surface area contributed by atoms with Crippen LogP contribution in [0.25, 0.3) is 11.1 Å². The Kier molecular flexibility index (Phi) is 3.23. The van der Waals surface area contributed by atoms with Crippen LogP contribution in [0.15, 0.2) is 22.6 Å². The summed E-state index contributed by atoms with van der Waals surface area (Å²) in [6.45, 7) is 3.48. The highest BCUT2D eigenvalue weighted by Crippen LogP contribution is 2.16. The van der Waals surface area contributed by atoms with Crippen molar-refractivity contribution in [3.63, 3.8) is 0 Å². The van der Waals surface area contributed by atoms with E-state index in [2.05, 4.69) is 10.3 Å². The average molecular weight is 225 g/mol. The molecule has 15 heavy (non-hydrogen) atoms. The summed E-state index contributed by atoms with van der Waals surface area (Å²) in [6.07, 6.45) is 0. The van der Waals surface area contributed by atoms with Crippen LogP contribution < -0.4 is 5.32 Å². The molecule has 0 atom stereocenters. The van der Waals surface area contributed by atoms with Gasteiger partial charge in [0, 0.05) is 25.9 Å². The van der Waals surface area contributed by atoms with Crippen molar-refractivity contribution in [2.24, 2.45) is 0 Å². The van der Waals surface area contributed by atoms with Gasteiger partial charge in [-0.15, -0.1) is 11.6 Å². The molecule has 1 aromatic carbocycles. The lowest BCUT2D eigenvalue weighted by Gasteiger charge is -2.01. The molecule has 0 aliphatic rings. The molecule has 2 aromatic rings. The first-order valence-electron chi connectivity index (χ1n) is 4.92. The van der Waals surface area contributed by atoms with Crippen molar-refractivity contribution in [1.29, 1.82) is 0 Å². The second kappa shape index (κ2) is 4.64. The van der Waals surface area contributed by atoms with Gasteiger partial charge in [-0.1, -0.05) is 6.07 Å². The standard InChI is InChI=1S/C11H13ClN2O/c1-8-14-10-6-9(7-13-5-4-12)2-3-11(10)15-8/h2-3,6,13H,4-5,7H2,1H3. The summed E-state index contributed by atoms with van der Waals surface area (Å²) in [5.41, 5.74) is 2.95. The molecule has 0 fully saturated rings. The van der Waals surface area contributed by atoms with Gasteiger partial charge in [0.15, 0.2) is 11.5 Å². The summed E-state index contributed by atoms with van der Waals surface area (Å²) in [4.78, 5) is 4.28. The largest absolute Gasteiger partial charge is 0.441 e. The van der Waals surface area contributed by atoms with Crippen LogP contribution in [-0.4, -0.2) is 17.4 Å². The SMILES string of the molecule is Cc1nc2cc(CNCCCl)ccc2o1. The number of fused-ring (bicyclic) bond motifs is 1. The number of benzene rings is 1. The monoisotopic (exact) mass is 224 g/mol. The number of aryl methyl sites for hydroxylation is 1. The first-order valence-corrected chi connectivity index (χ1v) is 5.46. The molecule has 0 unspecified atom stereocenters. The van der Waals surface area contributed by atoms with Crippen LogP contribution in [-0.2, 0) is 6.54 Å². The molecule has 3 nitrogen and oxygen atoms in total. The number of rotatable bonds is 4. The molecular weight excluding hydrogens is 212 g/mol. The lowest BCUT2D eigenvalue weighted by molar-refractivity contribution is 0.561. The Labute approximate surface area is 93.4 Å². The molecule has 0 saturated carbocycles. The van der Waals surface area contributed by atoms with Gasteiger partial charge >= 0.3 is 0 Å². The maximum absolute atomic E-state index is 5.58. The number of nitrogens with zero attached hydrogens (tertiary/aromatic N) is 1. The fourth-order valence-electron chi connectivity index (χ4n) is 1.50. The molecule has 2 rings (SSSR count). The molecule has 0 amide bonds. The minimum absolute atomic E-state index is 0.630. The zero-order valence-corrected chi connectivity index (χ0v) is 9.34.